The SMILES string of the molecule is CCOC(=O)[C@H](C)Oc1ccc(Cl)cc1C=NN1C(=O)[C@@H]2[C@H](C1=O)[C@H]1C=C[C@H]2C1. The molecule has 2 amide bonds. The van der Waals surface area contributed by atoms with Crippen LogP contribution in [-0.4, -0.2) is 41.7 Å². The molecule has 0 N–H and O–H groups in total. The quantitative estimate of drug-likeness (QED) is 0.308. The smallest absolute Gasteiger partial charge is 0.347 e. The third-order valence-electron chi connectivity index (χ3n) is 5.65. The van der Waals surface area contributed by atoms with E-state index in [4.69, 9.17) is 21.1 Å². The fourth-order valence-electron chi connectivity index (χ4n) is 4.35. The van der Waals surface area contributed by atoms with Crippen molar-refractivity contribution in [3.8, 4) is 5.75 Å². The molecule has 29 heavy (non-hydrogen) atoms. The second-order valence-corrected chi connectivity index (χ2v) is 7.86. The van der Waals surface area contributed by atoms with Gasteiger partial charge >= 0.3 is 5.97 Å². The number of esters is 1. The molecule has 1 aliphatic heterocycles. The van der Waals surface area contributed by atoms with E-state index >= 15 is 0 Å². The molecule has 2 fully saturated rings. The summed E-state index contributed by atoms with van der Waals surface area (Å²) in [4.78, 5) is 37.3. The first-order chi connectivity index (χ1) is 13.9. The summed E-state index contributed by atoms with van der Waals surface area (Å²) in [5.41, 5.74) is 0.451. The van der Waals surface area contributed by atoms with Gasteiger partial charge in [-0.1, -0.05) is 23.8 Å². The highest BCUT2D eigenvalue weighted by atomic mass is 35.5. The Labute approximate surface area is 173 Å². The first kappa shape index (κ1) is 19.6. The van der Waals surface area contributed by atoms with Crippen molar-refractivity contribution >= 4 is 35.6 Å². The molecule has 0 aromatic heterocycles. The number of halogens is 1. The number of imide groups is 1. The zero-order valence-corrected chi connectivity index (χ0v) is 16.8. The molecular formula is C21H21ClN2O5. The normalized spacial score (nSPS) is 28.3. The molecule has 5 atom stereocenters. The van der Waals surface area contributed by atoms with E-state index in [2.05, 4.69) is 5.10 Å². The fraction of sp³-hybridized carbons (Fsp3) is 0.429. The number of allylic oxidation sites excluding steroid dienone is 2. The molecule has 1 aromatic carbocycles. The molecule has 0 radical (unpaired) electrons. The van der Waals surface area contributed by atoms with Crippen LogP contribution in [-0.2, 0) is 19.1 Å². The Morgan fingerprint density at radius 2 is 1.93 bits per heavy atom. The van der Waals surface area contributed by atoms with Crippen molar-refractivity contribution in [1.29, 1.82) is 0 Å². The highest BCUT2D eigenvalue weighted by Crippen LogP contribution is 2.52. The van der Waals surface area contributed by atoms with Gasteiger partial charge in [-0.25, -0.2) is 4.79 Å². The average molecular weight is 417 g/mol. The van der Waals surface area contributed by atoms with E-state index in [1.807, 2.05) is 12.2 Å². The Balaban J connectivity index is 1.54. The molecule has 1 aromatic rings. The maximum Gasteiger partial charge on any atom is 0.347 e. The van der Waals surface area contributed by atoms with E-state index in [0.29, 0.717) is 16.3 Å². The number of hydrogen-bond donors (Lipinski definition) is 0. The molecule has 2 aliphatic carbocycles. The molecule has 8 heteroatoms. The van der Waals surface area contributed by atoms with Gasteiger partial charge in [0.2, 0.25) is 0 Å². The molecule has 0 unspecified atom stereocenters. The molecule has 1 saturated heterocycles. The van der Waals surface area contributed by atoms with E-state index < -0.39 is 12.1 Å². The lowest BCUT2D eigenvalue weighted by molar-refractivity contribution is -0.150. The average Bonchev–Trinajstić information content (AvgIpc) is 3.37. The number of carbonyl (C=O) groups excluding carboxylic acids is 3. The van der Waals surface area contributed by atoms with Gasteiger partial charge < -0.3 is 9.47 Å². The van der Waals surface area contributed by atoms with Crippen molar-refractivity contribution < 1.29 is 23.9 Å². The number of nitrogens with zero attached hydrogens (tertiary/aromatic N) is 2. The van der Waals surface area contributed by atoms with E-state index in [1.54, 1.807) is 32.0 Å². The van der Waals surface area contributed by atoms with E-state index in [0.717, 1.165) is 11.4 Å². The minimum atomic E-state index is -0.834. The number of hydrogen-bond acceptors (Lipinski definition) is 6. The first-order valence-electron chi connectivity index (χ1n) is 9.63. The molecule has 1 saturated carbocycles. The van der Waals surface area contributed by atoms with Gasteiger partial charge in [-0.3, -0.25) is 9.59 Å². The fourth-order valence-corrected chi connectivity index (χ4v) is 4.53. The maximum absolute atomic E-state index is 12.7. The van der Waals surface area contributed by atoms with Crippen LogP contribution in [0.25, 0.3) is 0 Å². The van der Waals surface area contributed by atoms with E-state index in [1.165, 1.54) is 6.21 Å². The van der Waals surface area contributed by atoms with E-state index in [-0.39, 0.29) is 42.1 Å². The van der Waals surface area contributed by atoms with Crippen LogP contribution in [0.3, 0.4) is 0 Å². The molecule has 152 valence electrons. The van der Waals surface area contributed by atoms with Gasteiger partial charge in [0.25, 0.3) is 11.8 Å². The van der Waals surface area contributed by atoms with E-state index in [9.17, 15) is 14.4 Å². The van der Waals surface area contributed by atoms with Crippen LogP contribution in [0.1, 0.15) is 25.8 Å². The molecule has 2 bridgehead atoms. The minimum Gasteiger partial charge on any atom is -0.478 e. The standard InChI is InChI=1S/C21H21ClN2O5/c1-3-28-21(27)11(2)29-16-7-6-15(22)9-14(16)10-23-24-19(25)17-12-4-5-13(8-12)18(17)20(24)26/h4-7,9-13,17-18H,3,8H2,1-2H3/t11-,12-,13-,17-,18+/m0/s1. The topological polar surface area (TPSA) is 85.3 Å². The molecule has 0 spiro atoms. The largest absolute Gasteiger partial charge is 0.478 e. The van der Waals surface area contributed by atoms with Gasteiger partial charge in [0.1, 0.15) is 5.75 Å². The predicted octanol–water partition coefficient (Wildman–Crippen LogP) is 2.81. The van der Waals surface area contributed by atoms with Crippen molar-refractivity contribution in [1.82, 2.24) is 5.01 Å². The predicted molar refractivity (Wildman–Crippen MR) is 105 cm³/mol. The third kappa shape index (κ3) is 3.44. The van der Waals surface area contributed by atoms with Crippen LogP contribution >= 0.6 is 11.6 Å². The summed E-state index contributed by atoms with van der Waals surface area (Å²) in [6, 6.07) is 4.81. The lowest BCUT2D eigenvalue weighted by atomic mass is 9.85. The summed E-state index contributed by atoms with van der Waals surface area (Å²) in [5, 5.41) is 5.54. The van der Waals surface area contributed by atoms with Crippen molar-refractivity contribution in [2.24, 2.45) is 28.8 Å². The Morgan fingerprint density at radius 1 is 1.28 bits per heavy atom. The number of hydrazone groups is 1. The lowest BCUT2D eigenvalue weighted by Gasteiger charge is -2.16. The van der Waals surface area contributed by atoms with Crippen molar-refractivity contribution in [2.45, 2.75) is 26.4 Å². The second kappa shape index (κ2) is 7.63. The lowest BCUT2D eigenvalue weighted by Crippen LogP contribution is -2.28. The first-order valence-corrected chi connectivity index (χ1v) is 10.0. The zero-order chi connectivity index (χ0) is 20.7. The summed E-state index contributed by atoms with van der Waals surface area (Å²) in [5.74, 6) is -1.06. The number of amides is 2. The van der Waals surface area contributed by atoms with Gasteiger partial charge in [0, 0.05) is 10.6 Å². The second-order valence-electron chi connectivity index (χ2n) is 7.43. The summed E-state index contributed by atoms with van der Waals surface area (Å²) in [6.07, 6.45) is 5.46. The van der Waals surface area contributed by atoms with Gasteiger partial charge in [0.05, 0.1) is 24.7 Å². The summed E-state index contributed by atoms with van der Waals surface area (Å²) in [7, 11) is 0. The molecular weight excluding hydrogens is 396 g/mol. The number of ether oxygens (including phenoxy) is 2. The van der Waals surface area contributed by atoms with Crippen LogP contribution in [0.15, 0.2) is 35.5 Å². The Hall–Kier alpha value is -2.67. The Bertz CT molecular complexity index is 898. The van der Waals surface area contributed by atoms with Crippen molar-refractivity contribution in [3.05, 3.63) is 40.9 Å². The molecule has 1 heterocycles. The van der Waals surface area contributed by atoms with Crippen molar-refractivity contribution in [2.75, 3.05) is 6.61 Å². The highest BCUT2D eigenvalue weighted by molar-refractivity contribution is 6.31. The van der Waals surface area contributed by atoms with Crippen LogP contribution in [0.5, 0.6) is 5.75 Å². The number of fused-ring (bicyclic) bond motifs is 5. The summed E-state index contributed by atoms with van der Waals surface area (Å²) in [6.45, 7) is 3.54. The highest BCUT2D eigenvalue weighted by Gasteiger charge is 2.59. The number of rotatable bonds is 6. The Morgan fingerprint density at radius 3 is 2.55 bits per heavy atom. The van der Waals surface area contributed by atoms with Crippen LogP contribution < -0.4 is 4.74 Å². The third-order valence-corrected chi connectivity index (χ3v) is 5.89. The van der Waals surface area contributed by atoms with Crippen molar-refractivity contribution in [3.63, 3.8) is 0 Å². The number of carbonyl (C=O) groups is 3. The van der Waals surface area contributed by atoms with Crippen LogP contribution in [0, 0.1) is 23.7 Å². The zero-order valence-electron chi connectivity index (χ0n) is 16.1. The monoisotopic (exact) mass is 416 g/mol. The molecule has 4 rings (SSSR count). The summed E-state index contributed by atoms with van der Waals surface area (Å²) >= 11 is 6.08. The summed E-state index contributed by atoms with van der Waals surface area (Å²) < 4.78 is 10.6. The maximum atomic E-state index is 12.7. The van der Waals surface area contributed by atoms with Gasteiger partial charge in [0.15, 0.2) is 6.10 Å². The molecule has 3 aliphatic rings. The van der Waals surface area contributed by atoms with Gasteiger partial charge in [-0.2, -0.15) is 10.1 Å². The number of benzene rings is 1. The Kier molecular flexibility index (Phi) is 5.17. The molecule has 7 nitrogen and oxygen atoms in total. The van der Waals surface area contributed by atoms with Crippen LogP contribution in [0.4, 0.5) is 0 Å². The van der Waals surface area contributed by atoms with Crippen LogP contribution in [0.2, 0.25) is 5.02 Å². The van der Waals surface area contributed by atoms with Gasteiger partial charge in [-0.05, 0) is 50.3 Å². The van der Waals surface area contributed by atoms with Gasteiger partial charge in [-0.15, -0.1) is 0 Å². The minimum absolute atomic E-state index is 0.122.